The molecule has 1 aliphatic heterocycles. The van der Waals surface area contributed by atoms with Crippen LogP contribution < -0.4 is 4.72 Å². The van der Waals surface area contributed by atoms with E-state index in [0.717, 1.165) is 22.3 Å². The van der Waals surface area contributed by atoms with Gasteiger partial charge in [0, 0.05) is 11.1 Å². The molecule has 1 saturated heterocycles. The fraction of sp³-hybridized carbons (Fsp3) is 0.265. The largest absolute Gasteiger partial charge is 0.431 e. The molecule has 0 aliphatic carbocycles. The highest BCUT2D eigenvalue weighted by Crippen LogP contribution is 2.50. The van der Waals surface area contributed by atoms with Crippen LogP contribution in [0.3, 0.4) is 0 Å². The second-order valence-corrected chi connectivity index (χ2v) is 13.5. The van der Waals surface area contributed by atoms with Crippen LogP contribution in [0.2, 0.25) is 0 Å². The molecule has 4 aromatic carbocycles. The minimum Gasteiger partial charge on any atom is -0.431 e. The molecule has 0 aromatic heterocycles. The highest BCUT2D eigenvalue weighted by molar-refractivity contribution is 7.99. The molecule has 3 atom stereocenters. The van der Waals surface area contributed by atoms with E-state index in [0.29, 0.717) is 0 Å². The smallest absolute Gasteiger partial charge is 0.412 e. The van der Waals surface area contributed by atoms with Crippen LogP contribution in [0.4, 0.5) is 4.79 Å². The maximum Gasteiger partial charge on any atom is 0.412 e. The summed E-state index contributed by atoms with van der Waals surface area (Å²) in [5.74, 6) is -0.0448. The fourth-order valence-electron chi connectivity index (χ4n) is 5.92. The first-order valence-corrected chi connectivity index (χ1v) is 16.7. The van der Waals surface area contributed by atoms with Gasteiger partial charge in [-0.25, -0.2) is 17.9 Å². The van der Waals surface area contributed by atoms with E-state index < -0.39 is 39.2 Å². The van der Waals surface area contributed by atoms with E-state index in [4.69, 9.17) is 4.74 Å². The van der Waals surface area contributed by atoms with Crippen LogP contribution >= 0.6 is 11.8 Å². The van der Waals surface area contributed by atoms with Crippen molar-refractivity contribution in [2.45, 2.75) is 48.7 Å². The third kappa shape index (κ3) is 5.59. The molecule has 1 fully saturated rings. The summed E-state index contributed by atoms with van der Waals surface area (Å²) in [6, 6.07) is 34.6. The predicted octanol–water partition coefficient (Wildman–Crippen LogP) is 7.12. The molecule has 0 saturated carbocycles. The summed E-state index contributed by atoms with van der Waals surface area (Å²) in [5, 5.41) is -0.623. The van der Waals surface area contributed by atoms with Crippen molar-refractivity contribution < 1.29 is 17.9 Å². The van der Waals surface area contributed by atoms with Crippen molar-refractivity contribution in [1.82, 2.24) is 9.62 Å². The molecular formula is C34H36N2O4S2. The molecular weight excluding hydrogens is 565 g/mol. The number of benzene rings is 4. The summed E-state index contributed by atoms with van der Waals surface area (Å²) in [7, 11) is -3.94. The number of carbonyl (C=O) groups excluding carboxylic acids is 1. The number of hydrogen-bond acceptors (Lipinski definition) is 5. The number of nitrogens with one attached hydrogen (secondary N) is 1. The van der Waals surface area contributed by atoms with Crippen LogP contribution in [0, 0.1) is 12.8 Å². The molecule has 0 unspecified atom stereocenters. The van der Waals surface area contributed by atoms with Crippen LogP contribution in [0.5, 0.6) is 0 Å². The second-order valence-electron chi connectivity index (χ2n) is 10.9. The molecule has 0 spiro atoms. The van der Waals surface area contributed by atoms with E-state index in [1.165, 1.54) is 11.8 Å². The first kappa shape index (κ1) is 29.9. The highest BCUT2D eigenvalue weighted by atomic mass is 32.2. The Morgan fingerprint density at radius 3 is 1.79 bits per heavy atom. The van der Waals surface area contributed by atoms with E-state index in [1.807, 2.05) is 104 Å². The number of ether oxygens (including phenoxy) is 1. The van der Waals surface area contributed by atoms with E-state index in [2.05, 4.69) is 18.6 Å². The number of hydrogen-bond donors (Lipinski definition) is 1. The Kier molecular flexibility index (Phi) is 8.78. The summed E-state index contributed by atoms with van der Waals surface area (Å²) < 4.78 is 37.0. The molecule has 0 radical (unpaired) electrons. The van der Waals surface area contributed by atoms with E-state index in [9.17, 15) is 13.2 Å². The number of cyclic esters (lactones) is 1. The van der Waals surface area contributed by atoms with Gasteiger partial charge in [-0.1, -0.05) is 123 Å². The average Bonchev–Trinajstić information content (AvgIpc) is 3.32. The van der Waals surface area contributed by atoms with Gasteiger partial charge in [0.05, 0.1) is 17.0 Å². The zero-order valence-corrected chi connectivity index (χ0v) is 25.8. The monoisotopic (exact) mass is 600 g/mol. The molecule has 1 heterocycles. The Hall–Kier alpha value is -3.59. The van der Waals surface area contributed by atoms with Crippen molar-refractivity contribution in [3.05, 3.63) is 138 Å². The molecule has 8 heteroatoms. The van der Waals surface area contributed by atoms with E-state index >= 15 is 0 Å². The number of amides is 1. The lowest BCUT2D eigenvalue weighted by Gasteiger charge is -2.42. The summed E-state index contributed by atoms with van der Waals surface area (Å²) in [4.78, 5) is 16.1. The Morgan fingerprint density at radius 2 is 1.31 bits per heavy atom. The maximum absolute atomic E-state index is 14.2. The Labute approximate surface area is 253 Å². The van der Waals surface area contributed by atoms with Gasteiger partial charge in [-0.05, 0) is 36.8 Å². The van der Waals surface area contributed by atoms with Gasteiger partial charge < -0.3 is 4.74 Å². The molecule has 1 amide bonds. The highest BCUT2D eigenvalue weighted by Gasteiger charge is 2.60. The zero-order valence-electron chi connectivity index (χ0n) is 24.2. The van der Waals surface area contributed by atoms with Crippen LogP contribution in [-0.2, 0) is 20.4 Å². The maximum atomic E-state index is 14.2. The molecule has 42 heavy (non-hydrogen) atoms. The number of sulfonamides is 1. The minimum atomic E-state index is -3.94. The van der Waals surface area contributed by atoms with Crippen LogP contribution in [0.25, 0.3) is 0 Å². The first-order chi connectivity index (χ1) is 20.2. The van der Waals surface area contributed by atoms with Gasteiger partial charge in [-0.15, -0.1) is 11.8 Å². The number of rotatable bonds is 10. The molecule has 1 N–H and O–H groups in total. The number of thioether (sulfide) groups is 1. The lowest BCUT2D eigenvalue weighted by Crippen LogP contribution is -2.53. The minimum absolute atomic E-state index is 0.0448. The van der Waals surface area contributed by atoms with Gasteiger partial charge in [-0.3, -0.25) is 4.90 Å². The molecule has 6 nitrogen and oxygen atoms in total. The standard InChI is InChI=1S/C34H36N2O4S2/c1-24(2)31-34(27-16-10-6-11-17-27,28-18-12-7-13-19-28)40-33(37)36(31)32(41-4)30(26-14-8-5-9-15-26)35-42(38,39)29-22-20-25(3)21-23-29/h5-24,30-32,35H,1-4H3/t30-,31+,32+/m1/s1. The van der Waals surface area contributed by atoms with Crippen LogP contribution in [0.15, 0.2) is 120 Å². The van der Waals surface area contributed by atoms with Crippen molar-refractivity contribution >= 4 is 27.9 Å². The summed E-state index contributed by atoms with van der Waals surface area (Å²) in [6.07, 6.45) is 1.41. The number of aryl methyl sites for hydroxylation is 1. The van der Waals surface area contributed by atoms with Gasteiger partial charge in [0.25, 0.3) is 0 Å². The molecule has 5 rings (SSSR count). The summed E-state index contributed by atoms with van der Waals surface area (Å²) in [6.45, 7) is 6.06. The van der Waals surface area contributed by atoms with Gasteiger partial charge in [0.1, 0.15) is 5.37 Å². The number of carbonyl (C=O) groups is 1. The van der Waals surface area contributed by atoms with E-state index in [-0.39, 0.29) is 10.8 Å². The van der Waals surface area contributed by atoms with Crippen molar-refractivity contribution in [2.75, 3.05) is 6.26 Å². The number of nitrogens with zero attached hydrogens (tertiary/aromatic N) is 1. The SMILES string of the molecule is CS[C@@H]([C@H](NS(=O)(=O)c1ccc(C)cc1)c1ccccc1)N1C(=O)OC(c2ccccc2)(c2ccccc2)[C@@H]1C(C)C. The normalized spacial score (nSPS) is 18.1. The predicted molar refractivity (Wildman–Crippen MR) is 169 cm³/mol. The van der Waals surface area contributed by atoms with Crippen LogP contribution in [0.1, 0.15) is 42.1 Å². The van der Waals surface area contributed by atoms with Gasteiger partial charge in [0.2, 0.25) is 10.0 Å². The van der Waals surface area contributed by atoms with E-state index in [1.54, 1.807) is 29.2 Å². The molecule has 0 bridgehead atoms. The first-order valence-electron chi connectivity index (χ1n) is 14.0. The molecule has 4 aromatic rings. The topological polar surface area (TPSA) is 75.7 Å². The third-order valence-electron chi connectivity index (χ3n) is 7.78. The van der Waals surface area contributed by atoms with Crippen molar-refractivity contribution in [3.63, 3.8) is 0 Å². The lowest BCUT2D eigenvalue weighted by molar-refractivity contribution is 0.0538. The summed E-state index contributed by atoms with van der Waals surface area (Å²) in [5.41, 5.74) is 2.34. The zero-order chi connectivity index (χ0) is 29.9. The van der Waals surface area contributed by atoms with Gasteiger partial charge >= 0.3 is 6.09 Å². The van der Waals surface area contributed by atoms with Crippen molar-refractivity contribution in [1.29, 1.82) is 0 Å². The summed E-state index contributed by atoms with van der Waals surface area (Å²) >= 11 is 1.42. The average molecular weight is 601 g/mol. The Morgan fingerprint density at radius 1 is 0.810 bits per heavy atom. The van der Waals surface area contributed by atoms with Gasteiger partial charge in [0.15, 0.2) is 5.60 Å². The fourth-order valence-corrected chi connectivity index (χ4v) is 8.18. The molecule has 218 valence electrons. The Balaban J connectivity index is 1.66. The lowest BCUT2D eigenvalue weighted by atomic mass is 9.75. The quantitative estimate of drug-likeness (QED) is 0.210. The van der Waals surface area contributed by atoms with Crippen molar-refractivity contribution in [2.24, 2.45) is 5.92 Å². The van der Waals surface area contributed by atoms with Crippen molar-refractivity contribution in [3.8, 4) is 0 Å². The Bertz CT molecular complexity index is 1560. The third-order valence-corrected chi connectivity index (χ3v) is 10.2. The van der Waals surface area contributed by atoms with Gasteiger partial charge in [-0.2, -0.15) is 0 Å². The second kappa shape index (κ2) is 12.3. The molecule has 1 aliphatic rings. The van der Waals surface area contributed by atoms with Crippen LogP contribution in [-0.4, -0.2) is 37.1 Å².